The molecule has 0 aromatic carbocycles. The van der Waals surface area contributed by atoms with Gasteiger partial charge in [0.15, 0.2) is 0 Å². The average Bonchev–Trinajstić information content (AvgIpc) is 2.37. The minimum Gasteiger partial charge on any atom is -0.367 e. The summed E-state index contributed by atoms with van der Waals surface area (Å²) in [6.07, 6.45) is 1.54. The van der Waals surface area contributed by atoms with Crippen LogP contribution in [0.15, 0.2) is 11.6 Å². The van der Waals surface area contributed by atoms with Crippen LogP contribution in [0.3, 0.4) is 0 Å². The van der Waals surface area contributed by atoms with E-state index in [1.807, 2.05) is 0 Å². The predicted octanol–water partition coefficient (Wildman–Crippen LogP) is 0.950. The Morgan fingerprint density at radius 1 is 1.91 bits per heavy atom. The molecule has 11 heavy (non-hydrogen) atoms. The van der Waals surface area contributed by atoms with Crippen molar-refractivity contribution in [2.45, 2.75) is 4.21 Å². The molecule has 0 saturated carbocycles. The first kappa shape index (κ1) is 8.83. The number of carbonyl (C=O) groups excluding carboxylic acids is 1. The van der Waals surface area contributed by atoms with Gasteiger partial charge in [0.2, 0.25) is 4.21 Å². The van der Waals surface area contributed by atoms with Crippen molar-refractivity contribution in [3.63, 3.8) is 0 Å². The number of amides is 1. The first-order valence-corrected chi connectivity index (χ1v) is 4.37. The van der Waals surface area contributed by atoms with E-state index in [1.54, 1.807) is 5.38 Å². The number of nitrogens with zero attached hydrogens (tertiary/aromatic N) is 1. The number of hydrogen-bond acceptors (Lipinski definition) is 4. The molecular formula is C5H5ClN2OS2. The molecule has 1 amide bonds. The fourth-order valence-corrected chi connectivity index (χ4v) is 1.52. The Hall–Kier alpha value is -0.260. The molecule has 0 saturated heterocycles. The summed E-state index contributed by atoms with van der Waals surface area (Å²) in [5.74, 6) is -0.711. The number of rotatable bonds is 2. The third-order valence-corrected chi connectivity index (χ3v) is 3.00. The maximum absolute atomic E-state index is 10.7. The zero-order chi connectivity index (χ0) is 8.48. The summed E-state index contributed by atoms with van der Waals surface area (Å²) in [6, 6.07) is 0. The molecule has 60 valence electrons. The second-order valence-corrected chi connectivity index (χ2v) is 4.22. The Balaban J connectivity index is 3.00. The summed E-state index contributed by atoms with van der Waals surface area (Å²) in [5, 5.41) is 2.10. The SMILES string of the molecule is NC(=O)C(S)(Cl)c1nccs1. The van der Waals surface area contributed by atoms with Crippen molar-refractivity contribution < 1.29 is 4.79 Å². The molecule has 1 aromatic rings. The maximum Gasteiger partial charge on any atom is 0.255 e. The Morgan fingerprint density at radius 2 is 2.55 bits per heavy atom. The summed E-state index contributed by atoms with van der Waals surface area (Å²) in [4.78, 5) is 14.5. The first-order chi connectivity index (χ1) is 5.05. The molecule has 2 N–H and O–H groups in total. The number of aromatic nitrogens is 1. The maximum atomic E-state index is 10.7. The number of thiol groups is 1. The molecule has 0 spiro atoms. The van der Waals surface area contributed by atoms with Crippen LogP contribution < -0.4 is 5.73 Å². The fraction of sp³-hybridized carbons (Fsp3) is 0.200. The van der Waals surface area contributed by atoms with Crippen molar-refractivity contribution in [1.82, 2.24) is 4.98 Å². The van der Waals surface area contributed by atoms with E-state index >= 15 is 0 Å². The molecule has 0 aliphatic rings. The van der Waals surface area contributed by atoms with Crippen molar-refractivity contribution >= 4 is 41.5 Å². The predicted molar refractivity (Wildman–Crippen MR) is 47.8 cm³/mol. The largest absolute Gasteiger partial charge is 0.367 e. The number of primary amides is 1. The summed E-state index contributed by atoms with van der Waals surface area (Å²) in [5.41, 5.74) is 4.98. The Bertz CT molecular complexity index is 259. The van der Waals surface area contributed by atoms with Gasteiger partial charge in [-0.1, -0.05) is 11.6 Å². The molecule has 6 heteroatoms. The highest BCUT2D eigenvalue weighted by Crippen LogP contribution is 2.33. The molecule has 1 atom stereocenters. The second-order valence-electron chi connectivity index (χ2n) is 1.82. The van der Waals surface area contributed by atoms with Crippen LogP contribution in [0.1, 0.15) is 5.01 Å². The van der Waals surface area contributed by atoms with Gasteiger partial charge in [-0.25, -0.2) is 4.98 Å². The lowest BCUT2D eigenvalue weighted by Crippen LogP contribution is -2.30. The van der Waals surface area contributed by atoms with Gasteiger partial charge >= 0.3 is 0 Å². The van der Waals surface area contributed by atoms with Crippen LogP contribution in [-0.2, 0) is 9.00 Å². The number of halogens is 1. The summed E-state index contributed by atoms with van der Waals surface area (Å²) in [6.45, 7) is 0. The van der Waals surface area contributed by atoms with Gasteiger partial charge in [-0.2, -0.15) is 0 Å². The van der Waals surface area contributed by atoms with Crippen LogP contribution in [0.2, 0.25) is 0 Å². The Morgan fingerprint density at radius 3 is 2.91 bits per heavy atom. The molecule has 3 nitrogen and oxygen atoms in total. The van der Waals surface area contributed by atoms with E-state index in [0.717, 1.165) is 0 Å². The summed E-state index contributed by atoms with van der Waals surface area (Å²) in [7, 11) is 0. The highest BCUT2D eigenvalue weighted by Gasteiger charge is 2.34. The van der Waals surface area contributed by atoms with Gasteiger partial charge in [0, 0.05) is 11.6 Å². The zero-order valence-corrected chi connectivity index (χ0v) is 7.79. The van der Waals surface area contributed by atoms with Gasteiger partial charge in [-0.3, -0.25) is 4.79 Å². The molecular weight excluding hydrogens is 204 g/mol. The summed E-state index contributed by atoms with van der Waals surface area (Å²) >= 11 is 10.8. The number of alkyl halides is 1. The molecule has 1 heterocycles. The molecule has 0 aliphatic carbocycles. The third-order valence-electron chi connectivity index (χ3n) is 1.04. The molecule has 1 rings (SSSR count). The van der Waals surface area contributed by atoms with Crippen LogP contribution >= 0.6 is 35.6 Å². The van der Waals surface area contributed by atoms with E-state index in [0.29, 0.717) is 5.01 Å². The molecule has 0 aliphatic heterocycles. The van der Waals surface area contributed by atoms with Gasteiger partial charge in [-0.15, -0.1) is 24.0 Å². The Labute approximate surface area is 78.0 Å². The van der Waals surface area contributed by atoms with E-state index in [-0.39, 0.29) is 0 Å². The van der Waals surface area contributed by atoms with Crippen LogP contribution in [0.5, 0.6) is 0 Å². The lowest BCUT2D eigenvalue weighted by atomic mass is 10.4. The molecule has 0 fully saturated rings. The normalized spacial score (nSPS) is 15.8. The van der Waals surface area contributed by atoms with E-state index < -0.39 is 10.1 Å². The van der Waals surface area contributed by atoms with Gasteiger partial charge in [0.05, 0.1) is 0 Å². The van der Waals surface area contributed by atoms with Gasteiger partial charge in [0.1, 0.15) is 5.01 Å². The molecule has 0 radical (unpaired) electrons. The lowest BCUT2D eigenvalue weighted by molar-refractivity contribution is -0.118. The molecule has 0 bridgehead atoms. The number of hydrogen-bond donors (Lipinski definition) is 2. The quantitative estimate of drug-likeness (QED) is 0.562. The van der Waals surface area contributed by atoms with E-state index in [9.17, 15) is 4.79 Å². The minimum absolute atomic E-state index is 0.398. The van der Waals surface area contributed by atoms with E-state index in [4.69, 9.17) is 17.3 Å². The standard InChI is InChI=1S/C5H5ClN2OS2/c6-5(10,3(7)9)4-8-1-2-11-4/h1-2,10H,(H2,7,9). The first-order valence-electron chi connectivity index (χ1n) is 2.66. The van der Waals surface area contributed by atoms with E-state index in [1.165, 1.54) is 17.5 Å². The number of thiazole rings is 1. The average molecular weight is 209 g/mol. The van der Waals surface area contributed by atoms with Crippen molar-refractivity contribution in [3.8, 4) is 0 Å². The second kappa shape index (κ2) is 3.00. The van der Waals surface area contributed by atoms with Crippen molar-refractivity contribution in [1.29, 1.82) is 0 Å². The third kappa shape index (κ3) is 1.66. The minimum atomic E-state index is -1.46. The summed E-state index contributed by atoms with van der Waals surface area (Å²) < 4.78 is -1.46. The topological polar surface area (TPSA) is 56.0 Å². The van der Waals surface area contributed by atoms with Crippen LogP contribution in [0.25, 0.3) is 0 Å². The van der Waals surface area contributed by atoms with Crippen molar-refractivity contribution in [2.75, 3.05) is 0 Å². The molecule has 1 unspecified atom stereocenters. The smallest absolute Gasteiger partial charge is 0.255 e. The zero-order valence-electron chi connectivity index (χ0n) is 5.32. The van der Waals surface area contributed by atoms with Crippen molar-refractivity contribution in [3.05, 3.63) is 16.6 Å². The highest BCUT2D eigenvalue weighted by atomic mass is 35.5. The highest BCUT2D eigenvalue weighted by molar-refractivity contribution is 7.84. The monoisotopic (exact) mass is 208 g/mol. The van der Waals surface area contributed by atoms with Gasteiger partial charge in [-0.05, 0) is 0 Å². The molecule has 1 aromatic heterocycles. The van der Waals surface area contributed by atoms with Crippen LogP contribution in [0, 0.1) is 0 Å². The van der Waals surface area contributed by atoms with Crippen LogP contribution in [0.4, 0.5) is 0 Å². The lowest BCUT2D eigenvalue weighted by Gasteiger charge is -2.12. The van der Waals surface area contributed by atoms with Crippen molar-refractivity contribution in [2.24, 2.45) is 5.73 Å². The van der Waals surface area contributed by atoms with Gasteiger partial charge < -0.3 is 5.73 Å². The fourth-order valence-electron chi connectivity index (χ4n) is 0.492. The number of carbonyl (C=O) groups is 1. The van der Waals surface area contributed by atoms with Crippen LogP contribution in [-0.4, -0.2) is 10.9 Å². The van der Waals surface area contributed by atoms with E-state index in [2.05, 4.69) is 17.6 Å². The van der Waals surface area contributed by atoms with Gasteiger partial charge in [0.25, 0.3) is 5.91 Å². The Kier molecular flexibility index (Phi) is 2.41. The number of nitrogens with two attached hydrogens (primary N) is 1.